The molecule has 0 spiro atoms. The third kappa shape index (κ3) is 3.14. The first-order valence-corrected chi connectivity index (χ1v) is 6.34. The molecule has 0 aliphatic carbocycles. The molecule has 0 radical (unpaired) electrons. The molecule has 0 bridgehead atoms. The van der Waals surface area contributed by atoms with Gasteiger partial charge in [-0.2, -0.15) is 0 Å². The van der Waals surface area contributed by atoms with Gasteiger partial charge in [0.15, 0.2) is 5.84 Å². The second-order valence-electron chi connectivity index (χ2n) is 3.80. The molecule has 1 aliphatic rings. The molecule has 92 valence electrons. The Bertz CT molecular complexity index is 309. The van der Waals surface area contributed by atoms with Gasteiger partial charge in [0, 0.05) is 50.9 Å². The van der Waals surface area contributed by atoms with Crippen LogP contribution in [0.4, 0.5) is 0 Å². The third-order valence-electron chi connectivity index (χ3n) is 2.55. The smallest absolute Gasteiger partial charge is 0.381 e. The first kappa shape index (κ1) is 13.9. The molecule has 2 unspecified atom stereocenters. The van der Waals surface area contributed by atoms with E-state index in [2.05, 4.69) is 43.8 Å². The largest absolute Gasteiger partial charge is 0.382 e. The van der Waals surface area contributed by atoms with Crippen LogP contribution in [0.3, 0.4) is 0 Å². The Kier molecular flexibility index (Phi) is 4.69. The lowest BCUT2D eigenvalue weighted by molar-refractivity contribution is -0.485. The molecule has 0 aromatic heterocycles. The number of aliphatic imine (C=N–C) groups is 1. The van der Waals surface area contributed by atoms with Gasteiger partial charge in [0.05, 0.1) is 11.5 Å². The first-order chi connectivity index (χ1) is 7.35. The second-order valence-corrected chi connectivity index (χ2v) is 7.16. The zero-order chi connectivity index (χ0) is 12.3. The minimum Gasteiger partial charge on any atom is -0.381 e. The van der Waals surface area contributed by atoms with Crippen molar-refractivity contribution in [1.29, 1.82) is 0 Å². The summed E-state index contributed by atoms with van der Waals surface area (Å²) in [7, 11) is 0. The fraction of sp³-hybridized carbons (Fsp3) is 0.875. The fourth-order valence-electron chi connectivity index (χ4n) is 1.34. The summed E-state index contributed by atoms with van der Waals surface area (Å²) in [6.07, 6.45) is 0. The molecule has 0 saturated carbocycles. The summed E-state index contributed by atoms with van der Waals surface area (Å²) < 4.78 is 3.60. The molecular formula is C8H13Br2N3O3. The number of nitrogens with two attached hydrogens (primary N) is 1. The van der Waals surface area contributed by atoms with Crippen molar-refractivity contribution in [3.63, 3.8) is 0 Å². The van der Waals surface area contributed by atoms with Crippen molar-refractivity contribution in [1.82, 2.24) is 0 Å². The second kappa shape index (κ2) is 5.42. The van der Waals surface area contributed by atoms with Crippen molar-refractivity contribution in [2.24, 2.45) is 22.6 Å². The molecule has 16 heavy (non-hydrogen) atoms. The lowest BCUT2D eigenvalue weighted by atomic mass is 9.99. The van der Waals surface area contributed by atoms with Gasteiger partial charge in [-0.25, -0.2) is 0 Å². The predicted molar refractivity (Wildman–Crippen MR) is 67.5 cm³/mol. The lowest BCUT2D eigenvalue weighted by Gasteiger charge is -2.13. The minimum absolute atomic E-state index is 0.0865. The summed E-state index contributed by atoms with van der Waals surface area (Å²) in [5.41, 5.74) is 5.55. The van der Waals surface area contributed by atoms with Gasteiger partial charge < -0.3 is 10.5 Å². The van der Waals surface area contributed by atoms with E-state index in [1.807, 2.05) is 0 Å². The monoisotopic (exact) mass is 357 g/mol. The topological polar surface area (TPSA) is 90.8 Å². The van der Waals surface area contributed by atoms with Crippen LogP contribution in [0.15, 0.2) is 4.99 Å². The Hall–Kier alpha value is -0.210. The number of rotatable bonds is 4. The molecule has 0 aromatic carbocycles. The maximum absolute atomic E-state index is 10.6. The summed E-state index contributed by atoms with van der Waals surface area (Å²) in [6, 6.07) is 0. The molecule has 1 fully saturated rings. The molecular weight excluding hydrogens is 346 g/mol. The molecule has 2 N–H and O–H groups in total. The molecule has 1 heterocycles. The van der Waals surface area contributed by atoms with Crippen molar-refractivity contribution in [2.45, 2.75) is 10.3 Å². The van der Waals surface area contributed by atoms with E-state index in [0.717, 1.165) is 0 Å². The normalized spacial score (nSPS) is 27.1. The van der Waals surface area contributed by atoms with Gasteiger partial charge >= 0.3 is 3.36 Å². The van der Waals surface area contributed by atoms with Crippen LogP contribution in [0, 0.1) is 22.0 Å². The van der Waals surface area contributed by atoms with Gasteiger partial charge in [-0.15, -0.1) is 0 Å². The van der Waals surface area contributed by atoms with Crippen molar-refractivity contribution in [3.8, 4) is 0 Å². The standard InChI is InChI=1S/C8H13Br2N3O3/c1-5-3-16-4-6(5)2-12-7(11)8(9,10)13(14)15/h5-6H,2-4H2,1H3,(H2,11,12). The van der Waals surface area contributed by atoms with E-state index in [0.29, 0.717) is 25.7 Å². The zero-order valence-corrected chi connectivity index (χ0v) is 11.9. The van der Waals surface area contributed by atoms with Crippen LogP contribution in [0.1, 0.15) is 6.92 Å². The number of halogens is 2. The van der Waals surface area contributed by atoms with Gasteiger partial charge in [0.25, 0.3) is 0 Å². The van der Waals surface area contributed by atoms with E-state index in [9.17, 15) is 10.1 Å². The molecule has 1 rings (SSSR count). The zero-order valence-electron chi connectivity index (χ0n) is 8.73. The van der Waals surface area contributed by atoms with Crippen LogP contribution in [0.5, 0.6) is 0 Å². The summed E-state index contributed by atoms with van der Waals surface area (Å²) in [6.45, 7) is 3.85. The van der Waals surface area contributed by atoms with Gasteiger partial charge in [-0.3, -0.25) is 15.1 Å². The van der Waals surface area contributed by atoms with E-state index < -0.39 is 8.28 Å². The summed E-state index contributed by atoms with van der Waals surface area (Å²) >= 11 is 5.73. The number of amidine groups is 1. The van der Waals surface area contributed by atoms with Crippen LogP contribution < -0.4 is 5.73 Å². The van der Waals surface area contributed by atoms with Crippen LogP contribution in [-0.2, 0) is 4.74 Å². The van der Waals surface area contributed by atoms with E-state index in [1.165, 1.54) is 0 Å². The van der Waals surface area contributed by atoms with Crippen molar-refractivity contribution in [3.05, 3.63) is 10.1 Å². The van der Waals surface area contributed by atoms with Crippen molar-refractivity contribution < 1.29 is 9.66 Å². The number of nitro groups is 1. The van der Waals surface area contributed by atoms with Crippen LogP contribution in [0.2, 0.25) is 0 Å². The maximum atomic E-state index is 10.6. The molecule has 0 amide bonds. The highest BCUT2D eigenvalue weighted by atomic mass is 79.9. The van der Waals surface area contributed by atoms with Crippen molar-refractivity contribution >= 4 is 37.7 Å². The fourth-order valence-corrected chi connectivity index (χ4v) is 1.59. The number of hydrogen-bond acceptors (Lipinski definition) is 4. The Balaban J connectivity index is 2.60. The van der Waals surface area contributed by atoms with Gasteiger partial charge in [0.1, 0.15) is 0 Å². The molecule has 8 heteroatoms. The van der Waals surface area contributed by atoms with E-state index in [4.69, 9.17) is 10.5 Å². The average molecular weight is 359 g/mol. The maximum Gasteiger partial charge on any atom is 0.382 e. The highest BCUT2D eigenvalue weighted by Gasteiger charge is 2.41. The summed E-state index contributed by atoms with van der Waals surface area (Å²) in [5.74, 6) is 0.602. The first-order valence-electron chi connectivity index (χ1n) is 4.76. The highest BCUT2D eigenvalue weighted by Crippen LogP contribution is 2.27. The summed E-state index contributed by atoms with van der Waals surface area (Å²) in [4.78, 5) is 14.1. The quantitative estimate of drug-likeness (QED) is 0.205. The molecule has 1 saturated heterocycles. The number of nitrogens with zero attached hydrogens (tertiary/aromatic N) is 2. The predicted octanol–water partition coefficient (Wildman–Crippen LogP) is 1.35. The minimum atomic E-state index is -1.66. The Morgan fingerprint density at radius 3 is 2.75 bits per heavy atom. The molecule has 6 nitrogen and oxygen atoms in total. The lowest BCUT2D eigenvalue weighted by Crippen LogP contribution is -2.40. The van der Waals surface area contributed by atoms with Crippen LogP contribution in [-0.4, -0.2) is 33.9 Å². The summed E-state index contributed by atoms with van der Waals surface area (Å²) in [5, 5.41) is 10.6. The van der Waals surface area contributed by atoms with Crippen LogP contribution in [0.25, 0.3) is 0 Å². The molecule has 2 atom stereocenters. The third-order valence-corrected chi connectivity index (χ3v) is 3.94. The van der Waals surface area contributed by atoms with Crippen molar-refractivity contribution in [2.75, 3.05) is 19.8 Å². The number of hydrogen-bond donors (Lipinski definition) is 1. The average Bonchev–Trinajstić information content (AvgIpc) is 2.60. The Labute approximate surface area is 110 Å². The number of ether oxygens (including phenoxy) is 1. The van der Waals surface area contributed by atoms with E-state index in [1.54, 1.807) is 0 Å². The number of alkyl halides is 2. The van der Waals surface area contributed by atoms with Gasteiger partial charge in [-0.05, 0) is 5.92 Å². The van der Waals surface area contributed by atoms with E-state index in [-0.39, 0.29) is 11.8 Å². The Morgan fingerprint density at radius 1 is 1.69 bits per heavy atom. The molecule has 1 aliphatic heterocycles. The molecule has 0 aromatic rings. The highest BCUT2D eigenvalue weighted by molar-refractivity contribution is 9.25. The van der Waals surface area contributed by atoms with Crippen LogP contribution >= 0.6 is 31.9 Å². The van der Waals surface area contributed by atoms with Gasteiger partial charge in [-0.1, -0.05) is 6.92 Å². The van der Waals surface area contributed by atoms with Gasteiger partial charge in [0.2, 0.25) is 0 Å². The van der Waals surface area contributed by atoms with E-state index >= 15 is 0 Å². The SMILES string of the molecule is CC1COCC1CN=C(N)C(Br)(Br)[N+](=O)[O-]. The Morgan fingerprint density at radius 2 is 2.31 bits per heavy atom.